The first-order valence-electron chi connectivity index (χ1n) is 19.2. The van der Waals surface area contributed by atoms with Gasteiger partial charge in [0.2, 0.25) is 29.5 Å². The molecule has 3 N–H and O–H groups in total. The van der Waals surface area contributed by atoms with Crippen LogP contribution in [0.1, 0.15) is 87.0 Å². The number of rotatable bonds is 14. The predicted molar refractivity (Wildman–Crippen MR) is 220 cm³/mol. The maximum atomic E-state index is 13.5. The Morgan fingerprint density at radius 2 is 1.20 bits per heavy atom. The average Bonchev–Trinajstić information content (AvgIpc) is 3.64. The van der Waals surface area contributed by atoms with Crippen LogP contribution < -0.4 is 25.8 Å². The Kier molecular flexibility index (Phi) is 17.3. The molecule has 12 nitrogen and oxygen atoms in total. The van der Waals surface area contributed by atoms with Gasteiger partial charge in [0.05, 0.1) is 6.54 Å². The summed E-state index contributed by atoms with van der Waals surface area (Å²) in [4.78, 5) is 77.7. The molecule has 0 heterocycles. The van der Waals surface area contributed by atoms with Crippen LogP contribution in [0.2, 0.25) is 0 Å². The lowest BCUT2D eigenvalue weighted by Gasteiger charge is -2.29. The quantitative estimate of drug-likeness (QED) is 0.155. The third kappa shape index (κ3) is 16.9. The summed E-state index contributed by atoms with van der Waals surface area (Å²) in [6.07, 6.45) is 5.17. The van der Waals surface area contributed by atoms with Gasteiger partial charge in [-0.15, -0.1) is 0 Å². The second-order valence-electron chi connectivity index (χ2n) is 16.2. The molecule has 0 saturated heterocycles. The molecule has 0 bridgehead atoms. The van der Waals surface area contributed by atoms with Crippen molar-refractivity contribution >= 4 is 52.6 Å². The number of ether oxygens (including phenoxy) is 1. The van der Waals surface area contributed by atoms with Gasteiger partial charge in [-0.3, -0.25) is 33.7 Å². The zero-order valence-electron chi connectivity index (χ0n) is 33.9. The lowest BCUT2D eigenvalue weighted by molar-refractivity contribution is -0.153. The van der Waals surface area contributed by atoms with Crippen molar-refractivity contribution in [1.29, 1.82) is 0 Å². The lowest BCUT2D eigenvalue weighted by Crippen LogP contribution is -2.47. The highest BCUT2D eigenvalue weighted by molar-refractivity contribution is 6.05. The van der Waals surface area contributed by atoms with Gasteiger partial charge in [0.1, 0.15) is 24.7 Å². The first-order chi connectivity index (χ1) is 26.4. The molecule has 1 saturated carbocycles. The monoisotopic (exact) mass is 769 g/mol. The fourth-order valence-electron chi connectivity index (χ4n) is 6.04. The second-order valence-corrected chi connectivity index (χ2v) is 16.2. The standard InChI is InChI=1S/C27H34N2O4.C17H25N3O3/c1-27(2,3)33-26(32)20-29(23-16-8-5-9-17-23)25(31)19-28(22-14-6-4-7-15-22)24(30)18-21-12-10-11-13-21;1-12(19-14(21)10-17(2,3)4)16(23)18-11-15(22)20-13-8-6-5-7-9-13/h4-9,14-17,21H,10-13,18-20H2,1-3H3;5-9,12H,10-11H2,1-4H3,(H,18,23)(H,19,21)(H,20,22)/t;12-/m.0/s1. The number of carbonyl (C=O) groups excluding carboxylic acids is 6. The molecule has 0 aromatic heterocycles. The summed E-state index contributed by atoms with van der Waals surface area (Å²) in [5, 5.41) is 7.80. The van der Waals surface area contributed by atoms with E-state index in [2.05, 4.69) is 16.0 Å². The minimum atomic E-state index is -0.686. The molecule has 12 heteroatoms. The van der Waals surface area contributed by atoms with E-state index in [1.54, 1.807) is 69.0 Å². The van der Waals surface area contributed by atoms with Gasteiger partial charge in [-0.2, -0.15) is 0 Å². The van der Waals surface area contributed by atoms with Crippen molar-refractivity contribution in [3.8, 4) is 0 Å². The first-order valence-corrected chi connectivity index (χ1v) is 19.2. The fraction of sp³-hybridized carbons (Fsp3) is 0.455. The van der Waals surface area contributed by atoms with Crippen LogP contribution in [0.4, 0.5) is 17.1 Å². The van der Waals surface area contributed by atoms with Gasteiger partial charge in [0, 0.05) is 29.9 Å². The Balaban J connectivity index is 0.000000322. The number of hydrogen-bond donors (Lipinski definition) is 3. The number of nitrogens with zero attached hydrogens (tertiary/aromatic N) is 2. The van der Waals surface area contributed by atoms with Crippen LogP contribution in [-0.2, 0) is 33.5 Å². The number of benzene rings is 3. The molecule has 5 amide bonds. The Hall–Kier alpha value is -5.52. The van der Waals surface area contributed by atoms with Crippen molar-refractivity contribution in [3.63, 3.8) is 0 Å². The normalized spacial score (nSPS) is 13.3. The van der Waals surface area contributed by atoms with Crippen molar-refractivity contribution in [2.75, 3.05) is 34.8 Å². The molecule has 3 aromatic rings. The Labute approximate surface area is 331 Å². The topological polar surface area (TPSA) is 154 Å². The molecule has 4 rings (SSSR count). The summed E-state index contributed by atoms with van der Waals surface area (Å²) in [5.41, 5.74) is 1.13. The highest BCUT2D eigenvalue weighted by Gasteiger charge is 2.29. The number of anilines is 3. The molecule has 1 aliphatic rings. The highest BCUT2D eigenvalue weighted by atomic mass is 16.6. The molecule has 1 atom stereocenters. The fourth-order valence-corrected chi connectivity index (χ4v) is 6.04. The van der Waals surface area contributed by atoms with E-state index in [1.807, 2.05) is 75.4 Å². The van der Waals surface area contributed by atoms with E-state index < -0.39 is 23.5 Å². The van der Waals surface area contributed by atoms with E-state index in [0.29, 0.717) is 35.8 Å². The Morgan fingerprint density at radius 1 is 0.696 bits per heavy atom. The van der Waals surface area contributed by atoms with E-state index in [-0.39, 0.29) is 48.7 Å². The van der Waals surface area contributed by atoms with Gasteiger partial charge in [0.15, 0.2) is 0 Å². The summed E-state index contributed by atoms with van der Waals surface area (Å²) in [7, 11) is 0. The molecule has 56 heavy (non-hydrogen) atoms. The first kappa shape index (κ1) is 44.9. The molecule has 0 radical (unpaired) electrons. The highest BCUT2D eigenvalue weighted by Crippen LogP contribution is 2.29. The van der Waals surface area contributed by atoms with Gasteiger partial charge in [0.25, 0.3) is 0 Å². The molecule has 302 valence electrons. The number of amides is 5. The summed E-state index contributed by atoms with van der Waals surface area (Å²) >= 11 is 0. The van der Waals surface area contributed by atoms with E-state index in [4.69, 9.17) is 4.74 Å². The molecular formula is C44H59N5O7. The molecule has 0 aliphatic heterocycles. The molecular weight excluding hydrogens is 711 g/mol. The molecule has 1 aliphatic carbocycles. The average molecular weight is 770 g/mol. The van der Waals surface area contributed by atoms with Gasteiger partial charge in [-0.1, -0.05) is 88.2 Å². The molecule has 1 fully saturated rings. The van der Waals surface area contributed by atoms with Crippen LogP contribution in [0.15, 0.2) is 91.0 Å². The number of carbonyl (C=O) groups is 6. The third-order valence-electron chi connectivity index (χ3n) is 8.62. The van der Waals surface area contributed by atoms with Crippen LogP contribution in [-0.4, -0.2) is 66.8 Å². The minimum absolute atomic E-state index is 0.0632. The Bertz CT molecular complexity index is 1730. The van der Waals surface area contributed by atoms with Crippen molar-refractivity contribution < 1.29 is 33.5 Å². The Morgan fingerprint density at radius 3 is 1.70 bits per heavy atom. The van der Waals surface area contributed by atoms with Crippen LogP contribution in [0, 0.1) is 11.3 Å². The lowest BCUT2D eigenvalue weighted by atomic mass is 9.92. The van der Waals surface area contributed by atoms with E-state index in [1.165, 1.54) is 4.90 Å². The smallest absolute Gasteiger partial charge is 0.326 e. The van der Waals surface area contributed by atoms with Gasteiger partial charge >= 0.3 is 5.97 Å². The summed E-state index contributed by atoms with van der Waals surface area (Å²) in [6, 6.07) is 26.6. The van der Waals surface area contributed by atoms with Crippen LogP contribution in [0.5, 0.6) is 0 Å². The largest absolute Gasteiger partial charge is 0.459 e. The maximum absolute atomic E-state index is 13.5. The van der Waals surface area contributed by atoms with Crippen molar-refractivity contribution in [2.24, 2.45) is 11.3 Å². The molecule has 0 spiro atoms. The predicted octanol–water partition coefficient (Wildman–Crippen LogP) is 6.66. The number of esters is 1. The van der Waals surface area contributed by atoms with E-state index >= 15 is 0 Å². The van der Waals surface area contributed by atoms with Crippen LogP contribution in [0.3, 0.4) is 0 Å². The number of para-hydroxylation sites is 3. The van der Waals surface area contributed by atoms with E-state index in [0.717, 1.165) is 25.7 Å². The summed E-state index contributed by atoms with van der Waals surface area (Å²) in [6.45, 7) is 12.3. The summed E-state index contributed by atoms with van der Waals surface area (Å²) < 4.78 is 5.45. The zero-order valence-corrected chi connectivity index (χ0v) is 33.9. The second kappa shape index (κ2) is 21.5. The SMILES string of the molecule is CC(C)(C)OC(=O)CN(C(=O)CN(C(=O)CC1CCCC1)c1ccccc1)c1ccccc1.C[C@H](NC(=O)CC(C)(C)C)C(=O)NCC(=O)Nc1ccccc1. The van der Waals surface area contributed by atoms with E-state index in [9.17, 15) is 28.8 Å². The minimum Gasteiger partial charge on any atom is -0.459 e. The zero-order chi connectivity index (χ0) is 41.3. The van der Waals surface area contributed by atoms with Gasteiger partial charge < -0.3 is 25.6 Å². The van der Waals surface area contributed by atoms with Gasteiger partial charge in [-0.25, -0.2) is 0 Å². The van der Waals surface area contributed by atoms with Crippen LogP contribution >= 0.6 is 0 Å². The number of hydrogen-bond acceptors (Lipinski definition) is 7. The van der Waals surface area contributed by atoms with Crippen molar-refractivity contribution in [2.45, 2.75) is 98.6 Å². The van der Waals surface area contributed by atoms with Crippen molar-refractivity contribution in [3.05, 3.63) is 91.0 Å². The third-order valence-corrected chi connectivity index (χ3v) is 8.62. The maximum Gasteiger partial charge on any atom is 0.326 e. The molecule has 3 aromatic carbocycles. The summed E-state index contributed by atoms with van der Waals surface area (Å²) in [5.74, 6) is -1.43. The van der Waals surface area contributed by atoms with Gasteiger partial charge in [-0.05, 0) is 88.3 Å². The molecule has 0 unspecified atom stereocenters. The number of nitrogens with one attached hydrogen (secondary N) is 3. The van der Waals surface area contributed by atoms with Crippen molar-refractivity contribution in [1.82, 2.24) is 10.6 Å². The van der Waals surface area contributed by atoms with Crippen LogP contribution in [0.25, 0.3) is 0 Å².